The monoisotopic (exact) mass is 494 g/mol. The van der Waals surface area contributed by atoms with Crippen LogP contribution in [0, 0.1) is 17.0 Å². The van der Waals surface area contributed by atoms with Gasteiger partial charge in [0.1, 0.15) is 0 Å². The molecule has 1 N–H and O–H groups in total. The van der Waals surface area contributed by atoms with Crippen LogP contribution in [0.2, 0.25) is 0 Å². The Morgan fingerprint density at radius 3 is 2.31 bits per heavy atom. The normalized spacial score (nSPS) is 14.5. The summed E-state index contributed by atoms with van der Waals surface area (Å²) in [7, 11) is -4.01. The van der Waals surface area contributed by atoms with Crippen molar-refractivity contribution in [3.05, 3.63) is 99.6 Å². The highest BCUT2D eigenvalue weighted by Gasteiger charge is 2.23. The number of non-ortho nitro benzene ring substituents is 1. The van der Waals surface area contributed by atoms with Crippen molar-refractivity contribution in [1.29, 1.82) is 0 Å². The average molecular weight is 495 g/mol. The summed E-state index contributed by atoms with van der Waals surface area (Å²) in [6.45, 7) is 5.71. The summed E-state index contributed by atoms with van der Waals surface area (Å²) in [6.07, 6.45) is 0. The first-order valence-corrected chi connectivity index (χ1v) is 12.6. The van der Waals surface area contributed by atoms with Crippen LogP contribution in [0.25, 0.3) is 0 Å². The predicted molar refractivity (Wildman–Crippen MR) is 133 cm³/mol. The van der Waals surface area contributed by atoms with E-state index in [4.69, 9.17) is 0 Å². The average Bonchev–Trinajstić information content (AvgIpc) is 2.84. The van der Waals surface area contributed by atoms with Crippen molar-refractivity contribution >= 4 is 27.3 Å². The fraction of sp³-hybridized carbons (Fsp3) is 0.240. The molecule has 0 aromatic heterocycles. The van der Waals surface area contributed by atoms with Crippen molar-refractivity contribution in [3.8, 4) is 0 Å². The molecule has 10 heteroatoms. The van der Waals surface area contributed by atoms with Crippen LogP contribution in [-0.2, 0) is 16.6 Å². The zero-order valence-electron chi connectivity index (χ0n) is 19.3. The van der Waals surface area contributed by atoms with E-state index in [-0.39, 0.29) is 22.2 Å². The Balaban J connectivity index is 1.35. The highest BCUT2D eigenvalue weighted by Crippen LogP contribution is 2.21. The first-order chi connectivity index (χ1) is 16.7. The van der Waals surface area contributed by atoms with Crippen LogP contribution in [0.1, 0.15) is 21.5 Å². The second-order valence-electron chi connectivity index (χ2n) is 8.49. The SMILES string of the molecule is Cc1cccc(CN2CCN(C(=O)c3ccc(NS(=O)(=O)c4cccc([N+](=O)[O-])c4)cc3)CC2)c1. The molecule has 0 radical (unpaired) electrons. The molecule has 0 bridgehead atoms. The van der Waals surface area contributed by atoms with Crippen molar-refractivity contribution in [2.24, 2.45) is 0 Å². The van der Waals surface area contributed by atoms with Crippen LogP contribution in [0.4, 0.5) is 11.4 Å². The van der Waals surface area contributed by atoms with Gasteiger partial charge in [-0.2, -0.15) is 0 Å². The molecule has 0 aliphatic carbocycles. The minimum absolute atomic E-state index is 0.103. The summed E-state index contributed by atoms with van der Waals surface area (Å²) in [5.74, 6) is -0.103. The van der Waals surface area contributed by atoms with E-state index < -0.39 is 14.9 Å². The zero-order valence-corrected chi connectivity index (χ0v) is 20.1. The van der Waals surface area contributed by atoms with Gasteiger partial charge in [-0.15, -0.1) is 0 Å². The lowest BCUT2D eigenvalue weighted by molar-refractivity contribution is -0.385. The number of hydrogen-bond donors (Lipinski definition) is 1. The minimum Gasteiger partial charge on any atom is -0.336 e. The predicted octanol–water partition coefficient (Wildman–Crippen LogP) is 3.66. The molecule has 3 aromatic carbocycles. The third-order valence-corrected chi connectivity index (χ3v) is 7.25. The molecule has 0 atom stereocenters. The van der Waals surface area contributed by atoms with E-state index in [0.29, 0.717) is 18.7 Å². The van der Waals surface area contributed by atoms with Crippen LogP contribution in [0.15, 0.2) is 77.7 Å². The molecule has 3 aromatic rings. The maximum absolute atomic E-state index is 12.9. The number of benzene rings is 3. The van der Waals surface area contributed by atoms with Gasteiger partial charge in [0, 0.05) is 56.1 Å². The molecule has 1 aliphatic rings. The second-order valence-corrected chi connectivity index (χ2v) is 10.2. The van der Waals surface area contributed by atoms with E-state index >= 15 is 0 Å². The number of rotatable bonds is 7. The minimum atomic E-state index is -4.01. The summed E-state index contributed by atoms with van der Waals surface area (Å²) in [5.41, 5.74) is 2.90. The van der Waals surface area contributed by atoms with E-state index in [0.717, 1.165) is 25.7 Å². The van der Waals surface area contributed by atoms with Crippen molar-refractivity contribution in [2.45, 2.75) is 18.4 Å². The van der Waals surface area contributed by atoms with Crippen molar-refractivity contribution in [2.75, 3.05) is 30.9 Å². The van der Waals surface area contributed by atoms with Crippen molar-refractivity contribution < 1.29 is 18.1 Å². The Hall–Kier alpha value is -3.76. The Morgan fingerprint density at radius 2 is 1.66 bits per heavy atom. The topological polar surface area (TPSA) is 113 Å². The number of anilines is 1. The maximum atomic E-state index is 12.9. The largest absolute Gasteiger partial charge is 0.336 e. The molecule has 4 rings (SSSR count). The molecule has 0 saturated carbocycles. The third kappa shape index (κ3) is 6.03. The van der Waals surface area contributed by atoms with Gasteiger partial charge in [-0.1, -0.05) is 35.9 Å². The first kappa shape index (κ1) is 24.4. The van der Waals surface area contributed by atoms with Gasteiger partial charge in [0.05, 0.1) is 9.82 Å². The lowest BCUT2D eigenvalue weighted by atomic mass is 10.1. The molecular weight excluding hydrogens is 468 g/mol. The number of nitrogens with zero attached hydrogens (tertiary/aromatic N) is 3. The van der Waals surface area contributed by atoms with Crippen molar-refractivity contribution in [1.82, 2.24) is 9.80 Å². The highest BCUT2D eigenvalue weighted by atomic mass is 32.2. The van der Waals surface area contributed by atoms with E-state index in [2.05, 4.69) is 40.8 Å². The lowest BCUT2D eigenvalue weighted by Gasteiger charge is -2.34. The molecule has 35 heavy (non-hydrogen) atoms. The molecular formula is C25H26N4O5S. The molecule has 9 nitrogen and oxygen atoms in total. The van der Waals surface area contributed by atoms with Gasteiger partial charge in [0.15, 0.2) is 0 Å². The molecule has 1 heterocycles. The number of nitro groups is 1. The molecule has 1 fully saturated rings. The second kappa shape index (κ2) is 10.2. The fourth-order valence-corrected chi connectivity index (χ4v) is 5.12. The number of hydrogen-bond acceptors (Lipinski definition) is 6. The fourth-order valence-electron chi connectivity index (χ4n) is 4.02. The van der Waals surface area contributed by atoms with Gasteiger partial charge in [0.25, 0.3) is 21.6 Å². The van der Waals surface area contributed by atoms with Crippen molar-refractivity contribution in [3.63, 3.8) is 0 Å². The van der Waals surface area contributed by atoms with E-state index in [1.807, 2.05) is 0 Å². The van der Waals surface area contributed by atoms with Crippen LogP contribution < -0.4 is 4.72 Å². The summed E-state index contributed by atoms with van der Waals surface area (Å²) < 4.78 is 27.6. The van der Waals surface area contributed by atoms with Crippen LogP contribution in [0.3, 0.4) is 0 Å². The summed E-state index contributed by atoms with van der Waals surface area (Å²) in [4.78, 5) is 27.1. The number of carbonyl (C=O) groups excluding carboxylic acids is 1. The molecule has 1 amide bonds. The van der Waals surface area contributed by atoms with E-state index in [1.54, 1.807) is 17.0 Å². The van der Waals surface area contributed by atoms with Gasteiger partial charge in [-0.25, -0.2) is 8.42 Å². The van der Waals surface area contributed by atoms with Crippen LogP contribution in [0.5, 0.6) is 0 Å². The number of amides is 1. The number of nitro benzene ring substituents is 1. The zero-order chi connectivity index (χ0) is 25.0. The Kier molecular flexibility index (Phi) is 7.13. The quantitative estimate of drug-likeness (QED) is 0.396. The summed E-state index contributed by atoms with van der Waals surface area (Å²) in [5, 5.41) is 10.9. The molecule has 0 spiro atoms. The van der Waals surface area contributed by atoms with Crippen LogP contribution >= 0.6 is 0 Å². The molecule has 1 saturated heterocycles. The van der Waals surface area contributed by atoms with Crippen LogP contribution in [-0.4, -0.2) is 55.2 Å². The Labute approximate surface area is 204 Å². The number of sulfonamides is 1. The summed E-state index contributed by atoms with van der Waals surface area (Å²) in [6, 6.07) is 19.4. The highest BCUT2D eigenvalue weighted by molar-refractivity contribution is 7.92. The molecule has 1 aliphatic heterocycles. The number of carbonyl (C=O) groups is 1. The Bertz CT molecular complexity index is 1330. The van der Waals surface area contributed by atoms with Gasteiger partial charge >= 0.3 is 0 Å². The van der Waals surface area contributed by atoms with Gasteiger partial charge in [-0.05, 0) is 42.8 Å². The molecule has 182 valence electrons. The molecule has 0 unspecified atom stereocenters. The Morgan fingerprint density at radius 1 is 0.971 bits per heavy atom. The maximum Gasteiger partial charge on any atom is 0.270 e. The van der Waals surface area contributed by atoms with Gasteiger partial charge in [-0.3, -0.25) is 24.5 Å². The third-order valence-electron chi connectivity index (χ3n) is 5.87. The first-order valence-electron chi connectivity index (χ1n) is 11.2. The smallest absolute Gasteiger partial charge is 0.270 e. The van der Waals surface area contributed by atoms with E-state index in [9.17, 15) is 23.3 Å². The number of nitrogens with one attached hydrogen (secondary N) is 1. The standard InChI is InChI=1S/C25H26N4O5S/c1-19-4-2-5-20(16-19)18-27-12-14-28(15-13-27)25(30)21-8-10-22(11-9-21)26-35(33,34)24-7-3-6-23(17-24)29(31)32/h2-11,16-17,26H,12-15,18H2,1H3. The summed E-state index contributed by atoms with van der Waals surface area (Å²) >= 11 is 0. The van der Waals surface area contributed by atoms with Gasteiger partial charge < -0.3 is 4.90 Å². The van der Waals surface area contributed by atoms with E-state index in [1.165, 1.54) is 41.5 Å². The number of piperazine rings is 1. The van der Waals surface area contributed by atoms with Gasteiger partial charge in [0.2, 0.25) is 0 Å². The number of aryl methyl sites for hydroxylation is 1. The lowest BCUT2D eigenvalue weighted by Crippen LogP contribution is -2.48.